The number of hydrogen-bond acceptors (Lipinski definition) is 3. The van der Waals surface area contributed by atoms with E-state index >= 15 is 0 Å². The van der Waals surface area contributed by atoms with E-state index in [1.165, 1.54) is 10.7 Å². The van der Waals surface area contributed by atoms with E-state index in [2.05, 4.69) is 26.0 Å². The molecule has 21 heavy (non-hydrogen) atoms. The maximum atomic E-state index is 12.7. The van der Waals surface area contributed by atoms with Gasteiger partial charge in [-0.2, -0.15) is 18.2 Å². The van der Waals surface area contributed by atoms with Gasteiger partial charge in [0.25, 0.3) is 0 Å². The van der Waals surface area contributed by atoms with Gasteiger partial charge in [-0.15, -0.1) is 5.10 Å². The van der Waals surface area contributed by atoms with Crippen molar-refractivity contribution in [2.24, 2.45) is 0 Å². The minimum atomic E-state index is -4.50. The molecular formula is C12H10BrClF3N3O. The van der Waals surface area contributed by atoms with Gasteiger partial charge in [0.05, 0.1) is 11.6 Å². The minimum absolute atomic E-state index is 0.0587. The van der Waals surface area contributed by atoms with Crippen LogP contribution in [0.3, 0.4) is 0 Å². The zero-order valence-corrected chi connectivity index (χ0v) is 13.3. The van der Waals surface area contributed by atoms with Gasteiger partial charge in [-0.1, -0.05) is 11.6 Å². The van der Waals surface area contributed by atoms with Gasteiger partial charge >= 0.3 is 12.2 Å². The summed E-state index contributed by atoms with van der Waals surface area (Å²) in [6.45, 7) is 3.68. The van der Waals surface area contributed by atoms with E-state index in [1.54, 1.807) is 0 Å². The monoisotopic (exact) mass is 383 g/mol. The molecule has 0 fully saturated rings. The number of aromatic nitrogens is 3. The third kappa shape index (κ3) is 3.88. The highest BCUT2D eigenvalue weighted by atomic mass is 79.9. The largest absolute Gasteiger partial charge is 0.424 e. The van der Waals surface area contributed by atoms with Gasteiger partial charge in [0.15, 0.2) is 0 Å². The van der Waals surface area contributed by atoms with Crippen molar-refractivity contribution < 1.29 is 17.9 Å². The number of rotatable bonds is 3. The fourth-order valence-corrected chi connectivity index (χ4v) is 2.13. The smallest absolute Gasteiger partial charge is 0.416 e. The summed E-state index contributed by atoms with van der Waals surface area (Å²) in [5, 5.41) is 3.97. The summed E-state index contributed by atoms with van der Waals surface area (Å²) in [6, 6.07) is 2.98. The number of halogens is 5. The van der Waals surface area contributed by atoms with E-state index in [0.717, 1.165) is 12.1 Å². The Kier molecular flexibility index (Phi) is 4.48. The molecule has 0 amide bonds. The predicted molar refractivity (Wildman–Crippen MR) is 74.6 cm³/mol. The molecule has 1 aromatic heterocycles. The van der Waals surface area contributed by atoms with E-state index in [9.17, 15) is 13.2 Å². The van der Waals surface area contributed by atoms with Gasteiger partial charge in [-0.3, -0.25) is 0 Å². The lowest BCUT2D eigenvalue weighted by Gasteiger charge is -2.12. The van der Waals surface area contributed by atoms with Gasteiger partial charge < -0.3 is 4.74 Å². The Morgan fingerprint density at radius 2 is 1.95 bits per heavy atom. The molecular weight excluding hydrogens is 375 g/mol. The molecule has 0 saturated carbocycles. The van der Waals surface area contributed by atoms with Gasteiger partial charge in [0.2, 0.25) is 4.73 Å². The van der Waals surface area contributed by atoms with Gasteiger partial charge in [0.1, 0.15) is 5.75 Å². The molecule has 0 bridgehead atoms. The third-order valence-electron chi connectivity index (χ3n) is 2.47. The Hall–Kier alpha value is -1.28. The molecule has 9 heteroatoms. The highest BCUT2D eigenvalue weighted by Gasteiger charge is 2.31. The Morgan fingerprint density at radius 1 is 1.29 bits per heavy atom. The fourth-order valence-electron chi connectivity index (χ4n) is 1.58. The number of nitrogens with zero attached hydrogens (tertiary/aromatic N) is 3. The lowest BCUT2D eigenvalue weighted by molar-refractivity contribution is -0.137. The number of hydrogen-bond donors (Lipinski definition) is 0. The SMILES string of the molecule is CC(C)n1nc(Br)nc1Oc1cc(Cl)cc(C(F)(F)F)c1. The second-order valence-corrected chi connectivity index (χ2v) is 5.62. The summed E-state index contributed by atoms with van der Waals surface area (Å²) < 4.78 is 45.3. The van der Waals surface area contributed by atoms with Crippen molar-refractivity contribution in [2.45, 2.75) is 26.1 Å². The maximum Gasteiger partial charge on any atom is 0.416 e. The van der Waals surface area contributed by atoms with Crippen molar-refractivity contribution in [3.05, 3.63) is 33.5 Å². The molecule has 0 radical (unpaired) electrons. The fraction of sp³-hybridized carbons (Fsp3) is 0.333. The van der Waals surface area contributed by atoms with Crippen LogP contribution in [0.5, 0.6) is 11.8 Å². The van der Waals surface area contributed by atoms with Crippen LogP contribution in [0.2, 0.25) is 5.02 Å². The molecule has 0 saturated heterocycles. The molecule has 114 valence electrons. The van der Waals surface area contributed by atoms with Crippen LogP contribution in [0.15, 0.2) is 22.9 Å². The molecule has 0 aliphatic carbocycles. The summed E-state index contributed by atoms with van der Waals surface area (Å²) in [5.41, 5.74) is -0.889. The molecule has 0 spiro atoms. The van der Waals surface area contributed by atoms with E-state index in [0.29, 0.717) is 0 Å². The van der Waals surface area contributed by atoms with Crippen LogP contribution in [0, 0.1) is 0 Å². The second kappa shape index (κ2) is 5.84. The van der Waals surface area contributed by atoms with Crippen molar-refractivity contribution in [3.8, 4) is 11.8 Å². The average Bonchev–Trinajstić information content (AvgIpc) is 2.68. The molecule has 0 atom stereocenters. The first kappa shape index (κ1) is 16.1. The van der Waals surface area contributed by atoms with E-state index < -0.39 is 11.7 Å². The highest BCUT2D eigenvalue weighted by Crippen LogP contribution is 2.35. The Balaban J connectivity index is 2.38. The average molecular weight is 385 g/mol. The van der Waals surface area contributed by atoms with Crippen molar-refractivity contribution in [1.29, 1.82) is 0 Å². The standard InChI is InChI=1S/C12H10BrClF3N3O/c1-6(2)20-11(18-10(13)19-20)21-9-4-7(12(15,16)17)3-8(14)5-9/h3-6H,1-2H3. The second-order valence-electron chi connectivity index (χ2n) is 4.48. The van der Waals surface area contributed by atoms with E-state index in [-0.39, 0.29) is 27.6 Å². The van der Waals surface area contributed by atoms with Crippen LogP contribution >= 0.6 is 27.5 Å². The van der Waals surface area contributed by atoms with Crippen LogP contribution in [-0.2, 0) is 6.18 Å². The third-order valence-corrected chi connectivity index (χ3v) is 3.03. The first-order valence-corrected chi connectivity index (χ1v) is 7.01. The topological polar surface area (TPSA) is 39.9 Å². The zero-order valence-electron chi connectivity index (χ0n) is 10.9. The van der Waals surface area contributed by atoms with Crippen molar-refractivity contribution >= 4 is 27.5 Å². The molecule has 2 rings (SSSR count). The minimum Gasteiger partial charge on any atom is -0.424 e. The molecule has 0 N–H and O–H groups in total. The zero-order chi connectivity index (χ0) is 15.8. The number of ether oxygens (including phenoxy) is 1. The first-order valence-electron chi connectivity index (χ1n) is 5.84. The summed E-state index contributed by atoms with van der Waals surface area (Å²) in [4.78, 5) is 3.97. The van der Waals surface area contributed by atoms with Gasteiger partial charge in [-0.05, 0) is 48.0 Å². The molecule has 0 aliphatic rings. The summed E-state index contributed by atoms with van der Waals surface area (Å²) >= 11 is 8.79. The van der Waals surface area contributed by atoms with Crippen molar-refractivity contribution in [1.82, 2.24) is 14.8 Å². The molecule has 0 unspecified atom stereocenters. The lowest BCUT2D eigenvalue weighted by atomic mass is 10.2. The lowest BCUT2D eigenvalue weighted by Crippen LogP contribution is -2.07. The normalized spacial score (nSPS) is 12.0. The molecule has 4 nitrogen and oxygen atoms in total. The van der Waals surface area contributed by atoms with Gasteiger partial charge in [0, 0.05) is 5.02 Å². The summed E-state index contributed by atoms with van der Waals surface area (Å²) in [7, 11) is 0. The van der Waals surface area contributed by atoms with Crippen molar-refractivity contribution in [3.63, 3.8) is 0 Å². The molecule has 0 aliphatic heterocycles. The Morgan fingerprint density at radius 3 is 2.52 bits per heavy atom. The van der Waals surface area contributed by atoms with Crippen LogP contribution in [0.4, 0.5) is 13.2 Å². The molecule has 2 aromatic rings. The number of alkyl halides is 3. The van der Waals surface area contributed by atoms with Crippen LogP contribution in [0.1, 0.15) is 25.5 Å². The maximum absolute atomic E-state index is 12.7. The molecule has 1 heterocycles. The van der Waals surface area contributed by atoms with Crippen LogP contribution < -0.4 is 4.74 Å². The van der Waals surface area contributed by atoms with Crippen LogP contribution in [0.25, 0.3) is 0 Å². The summed E-state index contributed by atoms with van der Waals surface area (Å²) in [6.07, 6.45) is -4.50. The van der Waals surface area contributed by atoms with E-state index in [1.807, 2.05) is 13.8 Å². The highest BCUT2D eigenvalue weighted by molar-refractivity contribution is 9.10. The Bertz CT molecular complexity index is 658. The summed E-state index contributed by atoms with van der Waals surface area (Å²) in [5.74, 6) is -0.0587. The van der Waals surface area contributed by atoms with Gasteiger partial charge in [-0.25, -0.2) is 4.68 Å². The van der Waals surface area contributed by atoms with E-state index in [4.69, 9.17) is 16.3 Å². The molecule has 1 aromatic carbocycles. The predicted octanol–water partition coefficient (Wildman–Crippen LogP) is 5.09. The quantitative estimate of drug-likeness (QED) is 0.740. The first-order chi connectivity index (χ1) is 9.66. The van der Waals surface area contributed by atoms with Crippen LogP contribution in [-0.4, -0.2) is 14.8 Å². The Labute approximate surface area is 132 Å². The van der Waals surface area contributed by atoms with Crippen molar-refractivity contribution in [2.75, 3.05) is 0 Å². The number of benzene rings is 1.